The third-order valence-corrected chi connectivity index (χ3v) is 1.85. The van der Waals surface area contributed by atoms with Crippen molar-refractivity contribution in [2.75, 3.05) is 0 Å². The lowest BCUT2D eigenvalue weighted by Crippen LogP contribution is -2.28. The molecule has 1 aromatic heterocycles. The average molecular weight is 214 g/mol. The van der Waals surface area contributed by atoms with Crippen molar-refractivity contribution in [3.05, 3.63) is 28.2 Å². The summed E-state index contributed by atoms with van der Waals surface area (Å²) in [6.07, 6.45) is 2.10. The summed E-state index contributed by atoms with van der Waals surface area (Å²) in [5.74, 6) is -2.16. The average Bonchev–Trinajstić information content (AvgIpc) is 2.17. The van der Waals surface area contributed by atoms with Crippen LogP contribution in [0.1, 0.15) is 19.0 Å². The Hall–Kier alpha value is -1.72. The zero-order chi connectivity index (χ0) is 11.4. The van der Waals surface area contributed by atoms with Gasteiger partial charge in [-0.3, -0.25) is 14.2 Å². The van der Waals surface area contributed by atoms with Gasteiger partial charge in [-0.05, 0) is 6.42 Å². The Kier molecular flexibility index (Phi) is 3.54. The number of halogens is 1. The smallest absolute Gasteiger partial charge is 0.323 e. The molecule has 15 heavy (non-hydrogen) atoms. The highest BCUT2D eigenvalue weighted by Gasteiger charge is 2.11. The standard InChI is InChI=1S/C9H11FN2O3/c1-2-3-6-8(10)9(15)12(5-11-6)4-7(13)14/h5H,2-4H2,1H3,(H,13,14). The molecular formula is C9H11FN2O3. The Balaban J connectivity index is 3.10. The lowest BCUT2D eigenvalue weighted by atomic mass is 10.2. The molecule has 82 valence electrons. The maximum absolute atomic E-state index is 13.3. The summed E-state index contributed by atoms with van der Waals surface area (Å²) in [6, 6.07) is 0. The predicted octanol–water partition coefficient (Wildman–Crippen LogP) is 0.420. The maximum Gasteiger partial charge on any atom is 0.323 e. The minimum absolute atomic E-state index is 0.0872. The van der Waals surface area contributed by atoms with Crippen LogP contribution in [0.15, 0.2) is 11.1 Å². The van der Waals surface area contributed by atoms with E-state index in [0.717, 1.165) is 10.9 Å². The van der Waals surface area contributed by atoms with E-state index in [1.807, 2.05) is 6.92 Å². The van der Waals surface area contributed by atoms with Crippen LogP contribution in [0.2, 0.25) is 0 Å². The number of hydrogen-bond acceptors (Lipinski definition) is 3. The van der Waals surface area contributed by atoms with E-state index >= 15 is 0 Å². The number of nitrogens with zero attached hydrogens (tertiary/aromatic N) is 2. The molecule has 0 fully saturated rings. The molecule has 1 heterocycles. The monoisotopic (exact) mass is 214 g/mol. The number of aliphatic carboxylic acids is 1. The molecule has 0 spiro atoms. The summed E-state index contributed by atoms with van der Waals surface area (Å²) in [7, 11) is 0. The second-order valence-electron chi connectivity index (χ2n) is 3.08. The Morgan fingerprint density at radius 1 is 1.67 bits per heavy atom. The molecule has 0 unspecified atom stereocenters. The number of carbonyl (C=O) groups is 1. The summed E-state index contributed by atoms with van der Waals surface area (Å²) in [6.45, 7) is 1.26. The molecule has 0 aliphatic heterocycles. The fourth-order valence-corrected chi connectivity index (χ4v) is 1.17. The van der Waals surface area contributed by atoms with Crippen LogP contribution in [0.5, 0.6) is 0 Å². The number of aryl methyl sites for hydroxylation is 1. The van der Waals surface area contributed by atoms with E-state index in [9.17, 15) is 14.0 Å². The highest BCUT2D eigenvalue weighted by atomic mass is 19.1. The van der Waals surface area contributed by atoms with Crippen LogP contribution in [0.4, 0.5) is 4.39 Å². The molecule has 1 rings (SSSR count). The Bertz CT molecular complexity index is 428. The van der Waals surface area contributed by atoms with Crippen LogP contribution in [-0.2, 0) is 17.8 Å². The Labute approximate surface area is 85.2 Å². The van der Waals surface area contributed by atoms with Crippen molar-refractivity contribution in [3.63, 3.8) is 0 Å². The molecule has 0 radical (unpaired) electrons. The van der Waals surface area contributed by atoms with Gasteiger partial charge < -0.3 is 5.11 Å². The van der Waals surface area contributed by atoms with Crippen molar-refractivity contribution >= 4 is 5.97 Å². The molecule has 0 aliphatic rings. The summed E-state index contributed by atoms with van der Waals surface area (Å²) >= 11 is 0. The molecular weight excluding hydrogens is 203 g/mol. The molecule has 0 atom stereocenters. The van der Waals surface area contributed by atoms with Gasteiger partial charge in [0, 0.05) is 0 Å². The predicted molar refractivity (Wildman–Crippen MR) is 50.1 cm³/mol. The summed E-state index contributed by atoms with van der Waals surface area (Å²) in [4.78, 5) is 25.3. The van der Waals surface area contributed by atoms with Gasteiger partial charge in [0.2, 0.25) is 5.82 Å². The molecule has 5 nitrogen and oxygen atoms in total. The highest BCUT2D eigenvalue weighted by Crippen LogP contribution is 2.00. The molecule has 1 aromatic rings. The normalized spacial score (nSPS) is 10.3. The van der Waals surface area contributed by atoms with Crippen LogP contribution in [0.3, 0.4) is 0 Å². The molecule has 0 amide bonds. The first kappa shape index (κ1) is 11.4. The van der Waals surface area contributed by atoms with Gasteiger partial charge in [0.1, 0.15) is 6.54 Å². The van der Waals surface area contributed by atoms with Gasteiger partial charge in [-0.2, -0.15) is 4.39 Å². The molecule has 0 bridgehead atoms. The lowest BCUT2D eigenvalue weighted by molar-refractivity contribution is -0.137. The van der Waals surface area contributed by atoms with Crippen molar-refractivity contribution in [1.29, 1.82) is 0 Å². The maximum atomic E-state index is 13.3. The fraction of sp³-hybridized carbons (Fsp3) is 0.444. The lowest BCUT2D eigenvalue weighted by Gasteiger charge is -2.04. The number of carboxylic acids is 1. The van der Waals surface area contributed by atoms with E-state index in [1.165, 1.54) is 0 Å². The van der Waals surface area contributed by atoms with Crippen molar-refractivity contribution in [2.24, 2.45) is 0 Å². The van der Waals surface area contributed by atoms with E-state index in [2.05, 4.69) is 4.98 Å². The second kappa shape index (κ2) is 4.68. The van der Waals surface area contributed by atoms with Crippen LogP contribution >= 0.6 is 0 Å². The van der Waals surface area contributed by atoms with Gasteiger partial charge in [-0.15, -0.1) is 0 Å². The molecule has 1 N–H and O–H groups in total. The zero-order valence-electron chi connectivity index (χ0n) is 8.23. The minimum atomic E-state index is -1.21. The molecule has 0 saturated heterocycles. The van der Waals surface area contributed by atoms with E-state index in [1.54, 1.807) is 0 Å². The number of carboxylic acid groups (broad SMARTS) is 1. The Morgan fingerprint density at radius 3 is 2.87 bits per heavy atom. The van der Waals surface area contributed by atoms with Gasteiger partial charge >= 0.3 is 5.97 Å². The number of rotatable bonds is 4. The van der Waals surface area contributed by atoms with E-state index in [4.69, 9.17) is 5.11 Å². The first-order valence-electron chi connectivity index (χ1n) is 4.51. The van der Waals surface area contributed by atoms with Crippen molar-refractivity contribution < 1.29 is 14.3 Å². The zero-order valence-corrected chi connectivity index (χ0v) is 8.23. The Morgan fingerprint density at radius 2 is 2.33 bits per heavy atom. The number of hydrogen-bond donors (Lipinski definition) is 1. The van der Waals surface area contributed by atoms with E-state index in [-0.39, 0.29) is 5.69 Å². The van der Waals surface area contributed by atoms with Crippen LogP contribution in [0, 0.1) is 5.82 Å². The van der Waals surface area contributed by atoms with E-state index in [0.29, 0.717) is 12.8 Å². The molecule has 0 saturated carbocycles. The quantitative estimate of drug-likeness (QED) is 0.788. The van der Waals surface area contributed by atoms with Crippen LogP contribution < -0.4 is 5.56 Å². The van der Waals surface area contributed by atoms with Gasteiger partial charge in [0.05, 0.1) is 12.0 Å². The number of aromatic nitrogens is 2. The summed E-state index contributed by atoms with van der Waals surface area (Å²) < 4.78 is 14.0. The minimum Gasteiger partial charge on any atom is -0.480 e. The molecule has 0 aliphatic carbocycles. The first-order valence-corrected chi connectivity index (χ1v) is 4.51. The third-order valence-electron chi connectivity index (χ3n) is 1.85. The fourth-order valence-electron chi connectivity index (χ4n) is 1.17. The van der Waals surface area contributed by atoms with Gasteiger partial charge in [-0.1, -0.05) is 13.3 Å². The first-order chi connectivity index (χ1) is 7.06. The summed E-state index contributed by atoms with van der Waals surface area (Å²) in [5.41, 5.74) is -0.847. The van der Waals surface area contributed by atoms with Crippen LogP contribution in [-0.4, -0.2) is 20.6 Å². The van der Waals surface area contributed by atoms with Crippen molar-refractivity contribution in [1.82, 2.24) is 9.55 Å². The third kappa shape index (κ3) is 2.61. The second-order valence-corrected chi connectivity index (χ2v) is 3.08. The van der Waals surface area contributed by atoms with Crippen molar-refractivity contribution in [2.45, 2.75) is 26.3 Å². The van der Waals surface area contributed by atoms with Crippen molar-refractivity contribution in [3.8, 4) is 0 Å². The molecule has 0 aromatic carbocycles. The van der Waals surface area contributed by atoms with E-state index < -0.39 is 23.9 Å². The van der Waals surface area contributed by atoms with Crippen LogP contribution in [0.25, 0.3) is 0 Å². The molecule has 6 heteroatoms. The highest BCUT2D eigenvalue weighted by molar-refractivity contribution is 5.66. The van der Waals surface area contributed by atoms with Gasteiger partial charge in [0.15, 0.2) is 0 Å². The largest absolute Gasteiger partial charge is 0.480 e. The van der Waals surface area contributed by atoms with Gasteiger partial charge in [-0.25, -0.2) is 4.98 Å². The SMILES string of the molecule is CCCc1ncn(CC(=O)O)c(=O)c1F. The summed E-state index contributed by atoms with van der Waals surface area (Å²) in [5, 5.41) is 8.44. The van der Waals surface area contributed by atoms with Gasteiger partial charge in [0.25, 0.3) is 5.56 Å². The topological polar surface area (TPSA) is 72.2 Å².